The minimum Gasteiger partial charge on any atom is -0.508 e. The van der Waals surface area contributed by atoms with E-state index in [0.29, 0.717) is 0 Å². The molecule has 0 aliphatic carbocycles. The molecule has 4 rings (SSSR count). The highest BCUT2D eigenvalue weighted by molar-refractivity contribution is 7.99. The molecule has 0 saturated carbocycles. The van der Waals surface area contributed by atoms with Gasteiger partial charge in [-0.25, -0.2) is 0 Å². The summed E-state index contributed by atoms with van der Waals surface area (Å²) in [5.74, 6) is 1.47. The van der Waals surface area contributed by atoms with Crippen LogP contribution in [0.5, 0.6) is 11.5 Å². The fourth-order valence-corrected chi connectivity index (χ4v) is 5.89. The monoisotopic (exact) mass is 493 g/mol. The summed E-state index contributed by atoms with van der Waals surface area (Å²) >= 11 is 3.43. The van der Waals surface area contributed by atoms with Gasteiger partial charge in [0, 0.05) is 34.4 Å². The van der Waals surface area contributed by atoms with Crippen LogP contribution in [0.15, 0.2) is 58.3 Å². The molecular formula is C24H31NO6S2. The van der Waals surface area contributed by atoms with Gasteiger partial charge in [-0.3, -0.25) is 4.90 Å². The number of hydrogen-bond acceptors (Lipinski definition) is 9. The lowest BCUT2D eigenvalue weighted by atomic mass is 10.1. The standard InChI is InChI=1S/C24H31NO6S2/c1-24(2)30-21-20(15-26)29-23(22(21)31-24)25(11-13-32-18-7-3-16(27)4-8-18)12-14-33-19-9-5-17(28)6-10-19/h3-10,20-23,26-28H,11-15H2,1-2H3/t20-,21-,22-,23?/m1/s1. The van der Waals surface area contributed by atoms with Crippen molar-refractivity contribution in [1.29, 1.82) is 0 Å². The predicted octanol–water partition coefficient (Wildman–Crippen LogP) is 3.52. The largest absolute Gasteiger partial charge is 0.508 e. The van der Waals surface area contributed by atoms with Crippen LogP contribution in [0.4, 0.5) is 0 Å². The maximum Gasteiger partial charge on any atom is 0.164 e. The molecule has 2 aliphatic heterocycles. The fourth-order valence-electron chi connectivity index (χ4n) is 4.11. The van der Waals surface area contributed by atoms with Crippen LogP contribution in [0.25, 0.3) is 0 Å². The second-order valence-electron chi connectivity index (χ2n) is 8.53. The van der Waals surface area contributed by atoms with Gasteiger partial charge in [0.05, 0.1) is 6.61 Å². The lowest BCUT2D eigenvalue weighted by molar-refractivity contribution is -0.208. The van der Waals surface area contributed by atoms with E-state index in [1.54, 1.807) is 47.8 Å². The zero-order chi connectivity index (χ0) is 23.4. The summed E-state index contributed by atoms with van der Waals surface area (Å²) in [5, 5.41) is 28.9. The number of rotatable bonds is 10. The molecule has 2 aromatic carbocycles. The van der Waals surface area contributed by atoms with Crippen molar-refractivity contribution in [3.63, 3.8) is 0 Å². The SMILES string of the molecule is CC1(C)O[C@@H]2[C@@H](CO)OC(N(CCSc3ccc(O)cc3)CCSc3ccc(O)cc3)[C@@H]2O1. The molecule has 33 heavy (non-hydrogen) atoms. The van der Waals surface area contributed by atoms with Gasteiger partial charge in [-0.1, -0.05) is 0 Å². The molecule has 0 spiro atoms. The van der Waals surface area contributed by atoms with E-state index in [1.165, 1.54) is 0 Å². The molecule has 7 nitrogen and oxygen atoms in total. The number of thioether (sulfide) groups is 2. The first-order valence-electron chi connectivity index (χ1n) is 11.0. The number of aromatic hydroxyl groups is 2. The molecule has 2 aromatic rings. The molecule has 1 unspecified atom stereocenters. The molecule has 2 saturated heterocycles. The van der Waals surface area contributed by atoms with E-state index >= 15 is 0 Å². The van der Waals surface area contributed by atoms with Crippen LogP contribution >= 0.6 is 23.5 Å². The average molecular weight is 494 g/mol. The molecule has 4 atom stereocenters. The van der Waals surface area contributed by atoms with E-state index in [1.807, 2.05) is 38.1 Å². The molecular weight excluding hydrogens is 462 g/mol. The topological polar surface area (TPSA) is 91.6 Å². The number of benzene rings is 2. The molecule has 0 amide bonds. The molecule has 9 heteroatoms. The highest BCUT2D eigenvalue weighted by Gasteiger charge is 2.56. The number of phenols is 2. The lowest BCUT2D eigenvalue weighted by Crippen LogP contribution is -2.46. The maximum atomic E-state index is 9.85. The number of hydrogen-bond donors (Lipinski definition) is 3. The molecule has 180 valence electrons. The zero-order valence-corrected chi connectivity index (χ0v) is 20.4. The Morgan fingerprint density at radius 1 is 0.818 bits per heavy atom. The Hall–Kier alpha value is -1.46. The molecule has 2 aliphatic rings. The van der Waals surface area contributed by atoms with Gasteiger partial charge in [0.2, 0.25) is 0 Å². The second-order valence-corrected chi connectivity index (χ2v) is 10.9. The van der Waals surface area contributed by atoms with Gasteiger partial charge in [0.25, 0.3) is 0 Å². The van der Waals surface area contributed by atoms with E-state index in [9.17, 15) is 15.3 Å². The van der Waals surface area contributed by atoms with Gasteiger partial charge in [-0.2, -0.15) is 0 Å². The van der Waals surface area contributed by atoms with Crippen LogP contribution in [0, 0.1) is 0 Å². The number of nitrogens with zero attached hydrogens (tertiary/aromatic N) is 1. The van der Waals surface area contributed by atoms with Crippen molar-refractivity contribution >= 4 is 23.5 Å². The minimum atomic E-state index is -0.710. The molecule has 3 N–H and O–H groups in total. The van der Waals surface area contributed by atoms with Gasteiger partial charge in [-0.15, -0.1) is 23.5 Å². The van der Waals surface area contributed by atoms with Crippen molar-refractivity contribution in [2.24, 2.45) is 0 Å². The van der Waals surface area contributed by atoms with Gasteiger partial charge in [0.15, 0.2) is 5.79 Å². The molecule has 0 bridgehead atoms. The number of phenolic OH excluding ortho intramolecular Hbond substituents is 2. The maximum absolute atomic E-state index is 9.85. The van der Waals surface area contributed by atoms with Gasteiger partial charge in [-0.05, 0) is 62.4 Å². The Bertz CT molecular complexity index is 843. The van der Waals surface area contributed by atoms with Crippen LogP contribution in [-0.4, -0.2) is 81.7 Å². The number of aliphatic hydroxyl groups excluding tert-OH is 1. The van der Waals surface area contributed by atoms with Crippen molar-refractivity contribution in [2.75, 3.05) is 31.2 Å². The summed E-state index contributed by atoms with van der Waals surface area (Å²) < 4.78 is 18.4. The highest BCUT2D eigenvalue weighted by atomic mass is 32.2. The first kappa shape index (κ1) is 24.7. The van der Waals surface area contributed by atoms with Gasteiger partial charge >= 0.3 is 0 Å². The Morgan fingerprint density at radius 3 is 1.79 bits per heavy atom. The molecule has 0 aromatic heterocycles. The molecule has 2 fully saturated rings. The van der Waals surface area contributed by atoms with Gasteiger partial charge in [0.1, 0.15) is 36.0 Å². The fraction of sp³-hybridized carbons (Fsp3) is 0.500. The normalized spacial score (nSPS) is 26.1. The summed E-state index contributed by atoms with van der Waals surface area (Å²) in [6.07, 6.45) is -1.30. The number of ether oxygens (including phenoxy) is 3. The Morgan fingerprint density at radius 2 is 1.30 bits per heavy atom. The predicted molar refractivity (Wildman–Crippen MR) is 129 cm³/mol. The van der Waals surface area contributed by atoms with Crippen LogP contribution in [-0.2, 0) is 14.2 Å². The van der Waals surface area contributed by atoms with E-state index < -0.39 is 11.9 Å². The van der Waals surface area contributed by atoms with Crippen molar-refractivity contribution in [1.82, 2.24) is 4.90 Å². The summed E-state index contributed by atoms with van der Waals surface area (Å²) in [6, 6.07) is 14.4. The van der Waals surface area contributed by atoms with E-state index in [-0.39, 0.29) is 36.5 Å². The minimum absolute atomic E-state index is 0.116. The second kappa shape index (κ2) is 10.9. The summed E-state index contributed by atoms with van der Waals surface area (Å²) in [4.78, 5) is 4.44. The third kappa shape index (κ3) is 6.36. The Labute approximate surface area is 203 Å². The first-order chi connectivity index (χ1) is 15.8. The van der Waals surface area contributed by atoms with Crippen molar-refractivity contribution in [2.45, 2.75) is 54.0 Å². The van der Waals surface area contributed by atoms with Crippen molar-refractivity contribution in [3.05, 3.63) is 48.5 Å². The first-order valence-corrected chi connectivity index (χ1v) is 13.0. The van der Waals surface area contributed by atoms with Crippen LogP contribution in [0.3, 0.4) is 0 Å². The van der Waals surface area contributed by atoms with Crippen molar-refractivity contribution in [3.8, 4) is 11.5 Å². The van der Waals surface area contributed by atoms with Gasteiger partial charge < -0.3 is 29.5 Å². The van der Waals surface area contributed by atoms with Crippen molar-refractivity contribution < 1.29 is 29.5 Å². The lowest BCUT2D eigenvalue weighted by Gasteiger charge is -2.32. The van der Waals surface area contributed by atoms with Crippen LogP contribution in [0.1, 0.15) is 13.8 Å². The zero-order valence-electron chi connectivity index (χ0n) is 18.8. The molecule has 2 heterocycles. The van der Waals surface area contributed by atoms with E-state index in [2.05, 4.69) is 4.90 Å². The summed E-state index contributed by atoms with van der Waals surface area (Å²) in [7, 11) is 0. The molecule has 0 radical (unpaired) electrons. The van der Waals surface area contributed by atoms with E-state index in [0.717, 1.165) is 34.4 Å². The number of aliphatic hydroxyl groups is 1. The average Bonchev–Trinajstić information content (AvgIpc) is 3.28. The third-order valence-electron chi connectivity index (χ3n) is 5.63. The Balaban J connectivity index is 1.41. The van der Waals surface area contributed by atoms with Crippen LogP contribution in [0.2, 0.25) is 0 Å². The summed E-state index contributed by atoms with van der Waals surface area (Å²) in [5.41, 5.74) is 0. The summed E-state index contributed by atoms with van der Waals surface area (Å²) in [6.45, 7) is 5.19. The quantitative estimate of drug-likeness (QED) is 0.430. The van der Waals surface area contributed by atoms with Crippen LogP contribution < -0.4 is 0 Å². The Kier molecular flexibility index (Phi) is 8.11. The number of fused-ring (bicyclic) bond motifs is 1. The smallest absolute Gasteiger partial charge is 0.164 e. The highest BCUT2D eigenvalue weighted by Crippen LogP contribution is 2.40. The van der Waals surface area contributed by atoms with E-state index in [4.69, 9.17) is 14.2 Å². The third-order valence-corrected chi connectivity index (χ3v) is 7.62.